The van der Waals surface area contributed by atoms with E-state index in [1.807, 2.05) is 0 Å². The van der Waals surface area contributed by atoms with Crippen LogP contribution in [0.25, 0.3) is 0 Å². The van der Waals surface area contributed by atoms with Crippen LogP contribution < -0.4 is 15.2 Å². The summed E-state index contributed by atoms with van der Waals surface area (Å²) in [5.74, 6) is 1.08. The molecule has 20 heavy (non-hydrogen) atoms. The van der Waals surface area contributed by atoms with Crippen LogP contribution in [0.4, 0.5) is 0 Å². The first-order valence-corrected chi connectivity index (χ1v) is 8.42. The maximum Gasteiger partial charge on any atom is 0.240 e. The number of hydrogen-bond donors (Lipinski definition) is 2. The van der Waals surface area contributed by atoms with Crippen molar-refractivity contribution in [1.29, 1.82) is 0 Å². The SMILES string of the molecule is COc1ccc(S(=O)(=O)NCC2CCCC2)cc1CN. The van der Waals surface area contributed by atoms with Crippen LogP contribution in [0, 0.1) is 5.92 Å². The maximum atomic E-state index is 12.3. The average molecular weight is 298 g/mol. The summed E-state index contributed by atoms with van der Waals surface area (Å²) >= 11 is 0. The molecule has 0 atom stereocenters. The lowest BCUT2D eigenvalue weighted by molar-refractivity contribution is 0.409. The highest BCUT2D eigenvalue weighted by atomic mass is 32.2. The molecular formula is C14H22N2O3S. The van der Waals surface area contributed by atoms with E-state index < -0.39 is 10.0 Å². The van der Waals surface area contributed by atoms with Crippen molar-refractivity contribution in [3.8, 4) is 5.75 Å². The van der Waals surface area contributed by atoms with Crippen molar-refractivity contribution in [2.45, 2.75) is 37.1 Å². The summed E-state index contributed by atoms with van der Waals surface area (Å²) < 4.78 is 32.4. The van der Waals surface area contributed by atoms with E-state index in [1.54, 1.807) is 25.3 Å². The average Bonchev–Trinajstić information content (AvgIpc) is 2.97. The van der Waals surface area contributed by atoms with Crippen molar-refractivity contribution in [2.24, 2.45) is 11.7 Å². The van der Waals surface area contributed by atoms with Gasteiger partial charge in [0.2, 0.25) is 10.0 Å². The number of ether oxygens (including phenoxy) is 1. The van der Waals surface area contributed by atoms with Crippen LogP contribution in [-0.4, -0.2) is 22.1 Å². The Morgan fingerprint density at radius 3 is 2.65 bits per heavy atom. The first kappa shape index (κ1) is 15.3. The van der Waals surface area contributed by atoms with Crippen LogP contribution >= 0.6 is 0 Å². The number of benzene rings is 1. The number of hydrogen-bond acceptors (Lipinski definition) is 4. The number of methoxy groups -OCH3 is 1. The molecule has 1 fully saturated rings. The monoisotopic (exact) mass is 298 g/mol. The topological polar surface area (TPSA) is 81.4 Å². The highest BCUT2D eigenvalue weighted by Gasteiger charge is 2.20. The third kappa shape index (κ3) is 3.50. The second-order valence-electron chi connectivity index (χ2n) is 5.18. The first-order chi connectivity index (χ1) is 9.56. The molecule has 1 aliphatic rings. The summed E-state index contributed by atoms with van der Waals surface area (Å²) in [7, 11) is -1.92. The molecule has 0 amide bonds. The molecule has 2 rings (SSSR count). The van der Waals surface area contributed by atoms with Crippen LogP contribution in [0.1, 0.15) is 31.2 Å². The van der Waals surface area contributed by atoms with Gasteiger partial charge in [0.15, 0.2) is 0 Å². The lowest BCUT2D eigenvalue weighted by Crippen LogP contribution is -2.28. The summed E-state index contributed by atoms with van der Waals surface area (Å²) in [4.78, 5) is 0.247. The Balaban J connectivity index is 2.11. The van der Waals surface area contributed by atoms with Crippen LogP contribution in [-0.2, 0) is 16.6 Å². The van der Waals surface area contributed by atoms with Gasteiger partial charge in [0.25, 0.3) is 0 Å². The Morgan fingerprint density at radius 1 is 1.35 bits per heavy atom. The molecule has 5 nitrogen and oxygen atoms in total. The molecule has 0 spiro atoms. The van der Waals surface area contributed by atoms with Gasteiger partial charge >= 0.3 is 0 Å². The van der Waals surface area contributed by atoms with Crippen molar-refractivity contribution >= 4 is 10.0 Å². The Kier molecular flexibility index (Phi) is 5.01. The molecule has 0 unspecified atom stereocenters. The van der Waals surface area contributed by atoms with Crippen molar-refractivity contribution in [2.75, 3.05) is 13.7 Å². The number of rotatable bonds is 6. The van der Waals surface area contributed by atoms with E-state index in [0.29, 0.717) is 23.8 Å². The fourth-order valence-corrected chi connectivity index (χ4v) is 3.77. The summed E-state index contributed by atoms with van der Waals surface area (Å²) in [5.41, 5.74) is 6.31. The van der Waals surface area contributed by atoms with E-state index in [2.05, 4.69) is 4.72 Å². The van der Waals surface area contributed by atoms with E-state index in [-0.39, 0.29) is 11.4 Å². The lowest BCUT2D eigenvalue weighted by atomic mass is 10.1. The van der Waals surface area contributed by atoms with Crippen LogP contribution in [0.3, 0.4) is 0 Å². The summed E-state index contributed by atoms with van der Waals surface area (Å²) in [6, 6.07) is 4.77. The minimum Gasteiger partial charge on any atom is -0.496 e. The zero-order chi connectivity index (χ0) is 14.6. The molecule has 1 aromatic carbocycles. The molecule has 6 heteroatoms. The molecule has 0 heterocycles. The van der Waals surface area contributed by atoms with Gasteiger partial charge in [-0.05, 0) is 37.0 Å². The number of nitrogens with two attached hydrogens (primary N) is 1. The van der Waals surface area contributed by atoms with Crippen LogP contribution in [0.15, 0.2) is 23.1 Å². The Hall–Kier alpha value is -1.11. The van der Waals surface area contributed by atoms with Gasteiger partial charge in [-0.15, -0.1) is 0 Å². The van der Waals surface area contributed by atoms with Crippen LogP contribution in [0.5, 0.6) is 5.75 Å². The summed E-state index contributed by atoms with van der Waals surface area (Å²) in [6.07, 6.45) is 4.62. The van der Waals surface area contributed by atoms with Crippen molar-refractivity contribution < 1.29 is 13.2 Å². The fourth-order valence-electron chi connectivity index (χ4n) is 2.61. The van der Waals surface area contributed by atoms with Gasteiger partial charge in [0.1, 0.15) is 5.75 Å². The van der Waals surface area contributed by atoms with Gasteiger partial charge in [0, 0.05) is 18.7 Å². The van der Waals surface area contributed by atoms with Gasteiger partial charge in [-0.25, -0.2) is 13.1 Å². The normalized spacial score (nSPS) is 16.5. The predicted molar refractivity (Wildman–Crippen MR) is 78.0 cm³/mol. The standard InChI is InChI=1S/C14H22N2O3S/c1-19-14-7-6-13(8-12(14)9-15)20(17,18)16-10-11-4-2-3-5-11/h6-8,11,16H,2-5,9-10,15H2,1H3. The molecule has 0 aliphatic heterocycles. The van der Waals surface area contributed by atoms with Gasteiger partial charge in [-0.3, -0.25) is 0 Å². The zero-order valence-corrected chi connectivity index (χ0v) is 12.6. The fraction of sp³-hybridized carbons (Fsp3) is 0.571. The molecular weight excluding hydrogens is 276 g/mol. The molecule has 1 aliphatic carbocycles. The molecule has 0 radical (unpaired) electrons. The van der Waals surface area contributed by atoms with Gasteiger partial charge in [-0.1, -0.05) is 12.8 Å². The first-order valence-electron chi connectivity index (χ1n) is 6.93. The molecule has 3 N–H and O–H groups in total. The molecule has 0 bridgehead atoms. The predicted octanol–water partition coefficient (Wildman–Crippen LogP) is 1.62. The molecule has 1 aromatic rings. The van der Waals surface area contributed by atoms with Gasteiger partial charge < -0.3 is 10.5 Å². The maximum absolute atomic E-state index is 12.3. The van der Waals surface area contributed by atoms with Gasteiger partial charge in [-0.2, -0.15) is 0 Å². The molecule has 1 saturated carbocycles. The largest absolute Gasteiger partial charge is 0.496 e. The van der Waals surface area contributed by atoms with Crippen molar-refractivity contribution in [3.63, 3.8) is 0 Å². The zero-order valence-electron chi connectivity index (χ0n) is 11.8. The van der Waals surface area contributed by atoms with E-state index in [1.165, 1.54) is 12.8 Å². The van der Waals surface area contributed by atoms with E-state index in [4.69, 9.17) is 10.5 Å². The smallest absolute Gasteiger partial charge is 0.240 e. The Morgan fingerprint density at radius 2 is 2.05 bits per heavy atom. The Labute approximate surface area is 120 Å². The highest BCUT2D eigenvalue weighted by Crippen LogP contribution is 2.25. The van der Waals surface area contributed by atoms with E-state index >= 15 is 0 Å². The lowest BCUT2D eigenvalue weighted by Gasteiger charge is -2.13. The summed E-state index contributed by atoms with van der Waals surface area (Å²) in [5, 5.41) is 0. The van der Waals surface area contributed by atoms with E-state index in [0.717, 1.165) is 12.8 Å². The molecule has 112 valence electrons. The molecule has 0 saturated heterocycles. The number of nitrogens with one attached hydrogen (secondary N) is 1. The minimum absolute atomic E-state index is 0.245. The van der Waals surface area contributed by atoms with Crippen molar-refractivity contribution in [3.05, 3.63) is 23.8 Å². The third-order valence-electron chi connectivity index (χ3n) is 3.82. The quantitative estimate of drug-likeness (QED) is 0.836. The van der Waals surface area contributed by atoms with Gasteiger partial charge in [0.05, 0.1) is 12.0 Å². The second kappa shape index (κ2) is 6.56. The third-order valence-corrected chi connectivity index (χ3v) is 5.24. The van der Waals surface area contributed by atoms with Crippen LogP contribution in [0.2, 0.25) is 0 Å². The minimum atomic E-state index is -3.47. The summed E-state index contributed by atoms with van der Waals surface area (Å²) in [6.45, 7) is 0.765. The van der Waals surface area contributed by atoms with E-state index in [9.17, 15) is 8.42 Å². The molecule has 0 aromatic heterocycles. The van der Waals surface area contributed by atoms with Crippen molar-refractivity contribution in [1.82, 2.24) is 4.72 Å². The number of sulfonamides is 1. The Bertz CT molecular complexity index is 552. The second-order valence-corrected chi connectivity index (χ2v) is 6.95. The highest BCUT2D eigenvalue weighted by molar-refractivity contribution is 7.89.